The third kappa shape index (κ3) is 2.25. The monoisotopic (exact) mass is 266 g/mol. The van der Waals surface area contributed by atoms with E-state index >= 15 is 0 Å². The number of para-hydroxylation sites is 1. The molecular formula is C15H14N4O. The van der Waals surface area contributed by atoms with Gasteiger partial charge < -0.3 is 5.32 Å². The Bertz CT molecular complexity index is 763. The number of pyridine rings is 1. The predicted molar refractivity (Wildman–Crippen MR) is 76.2 cm³/mol. The largest absolute Gasteiger partial charge is 0.345 e. The lowest BCUT2D eigenvalue weighted by Gasteiger charge is -2.05. The molecule has 0 aliphatic rings. The first kappa shape index (κ1) is 12.3. The van der Waals surface area contributed by atoms with Crippen molar-refractivity contribution in [3.8, 4) is 0 Å². The number of carbonyl (C=O) groups is 1. The van der Waals surface area contributed by atoms with Gasteiger partial charge in [-0.25, -0.2) is 0 Å². The Labute approximate surface area is 116 Å². The number of H-pyrrole nitrogens is 1. The summed E-state index contributed by atoms with van der Waals surface area (Å²) >= 11 is 0. The van der Waals surface area contributed by atoms with E-state index in [-0.39, 0.29) is 5.91 Å². The normalized spacial score (nSPS) is 10.7. The first-order valence-corrected chi connectivity index (χ1v) is 6.37. The molecule has 2 heterocycles. The van der Waals surface area contributed by atoms with Crippen molar-refractivity contribution in [2.45, 2.75) is 13.5 Å². The second-order valence-electron chi connectivity index (χ2n) is 4.57. The summed E-state index contributed by atoms with van der Waals surface area (Å²) in [5, 5.41) is 10.6. The number of rotatable bonds is 3. The van der Waals surface area contributed by atoms with Crippen molar-refractivity contribution in [1.82, 2.24) is 20.5 Å². The molecule has 0 atom stereocenters. The molecule has 0 saturated heterocycles. The predicted octanol–water partition coefficient (Wildman–Crippen LogP) is 2.20. The average molecular weight is 266 g/mol. The number of hydrogen-bond donors (Lipinski definition) is 2. The highest BCUT2D eigenvalue weighted by atomic mass is 16.1. The van der Waals surface area contributed by atoms with E-state index < -0.39 is 0 Å². The van der Waals surface area contributed by atoms with Gasteiger partial charge in [-0.2, -0.15) is 5.10 Å². The lowest BCUT2D eigenvalue weighted by molar-refractivity contribution is 0.0947. The molecule has 5 heteroatoms. The number of nitrogens with zero attached hydrogens (tertiary/aromatic N) is 2. The van der Waals surface area contributed by atoms with Crippen LogP contribution in [0.25, 0.3) is 10.9 Å². The molecule has 2 aromatic heterocycles. The lowest BCUT2D eigenvalue weighted by atomic mass is 10.2. The minimum atomic E-state index is -0.201. The van der Waals surface area contributed by atoms with E-state index in [1.807, 2.05) is 43.3 Å². The van der Waals surface area contributed by atoms with Gasteiger partial charge in [-0.3, -0.25) is 14.9 Å². The minimum absolute atomic E-state index is 0.201. The van der Waals surface area contributed by atoms with Crippen molar-refractivity contribution in [3.05, 3.63) is 59.5 Å². The molecule has 0 bridgehead atoms. The third-order valence-electron chi connectivity index (χ3n) is 3.22. The van der Waals surface area contributed by atoms with Crippen molar-refractivity contribution >= 4 is 16.8 Å². The van der Waals surface area contributed by atoms with Crippen LogP contribution < -0.4 is 5.32 Å². The molecule has 20 heavy (non-hydrogen) atoms. The molecule has 0 aliphatic carbocycles. The van der Waals surface area contributed by atoms with Gasteiger partial charge in [-0.15, -0.1) is 0 Å². The fourth-order valence-electron chi connectivity index (χ4n) is 2.09. The minimum Gasteiger partial charge on any atom is -0.345 e. The fraction of sp³-hybridized carbons (Fsp3) is 0.133. The Morgan fingerprint density at radius 3 is 2.95 bits per heavy atom. The van der Waals surface area contributed by atoms with E-state index in [0.29, 0.717) is 12.2 Å². The van der Waals surface area contributed by atoms with Gasteiger partial charge in [0.15, 0.2) is 5.69 Å². The molecule has 0 aliphatic heterocycles. The zero-order valence-corrected chi connectivity index (χ0v) is 11.1. The molecule has 0 fully saturated rings. The molecule has 0 saturated carbocycles. The number of aryl methyl sites for hydroxylation is 1. The van der Waals surface area contributed by atoms with Crippen LogP contribution in [0.1, 0.15) is 21.7 Å². The number of nitrogens with one attached hydrogen (secondary N) is 2. The van der Waals surface area contributed by atoms with Crippen LogP contribution in [-0.2, 0) is 6.54 Å². The highest BCUT2D eigenvalue weighted by Crippen LogP contribution is 2.15. The Morgan fingerprint density at radius 1 is 1.25 bits per heavy atom. The second kappa shape index (κ2) is 5.13. The number of carbonyl (C=O) groups excluding carboxylic acids is 1. The van der Waals surface area contributed by atoms with E-state index in [2.05, 4.69) is 20.5 Å². The summed E-state index contributed by atoms with van der Waals surface area (Å²) < 4.78 is 0. The number of benzene rings is 1. The molecule has 3 rings (SSSR count). The molecule has 100 valence electrons. The third-order valence-corrected chi connectivity index (χ3v) is 3.22. The van der Waals surface area contributed by atoms with E-state index in [0.717, 1.165) is 22.2 Å². The van der Waals surface area contributed by atoms with Crippen LogP contribution in [0, 0.1) is 6.92 Å². The van der Waals surface area contributed by atoms with Crippen LogP contribution in [-0.4, -0.2) is 21.1 Å². The maximum absolute atomic E-state index is 12.2. The number of amides is 1. The van der Waals surface area contributed by atoms with Gasteiger partial charge >= 0.3 is 0 Å². The van der Waals surface area contributed by atoms with Crippen LogP contribution in [0.4, 0.5) is 0 Å². The molecule has 0 spiro atoms. The van der Waals surface area contributed by atoms with Gasteiger partial charge in [-0.05, 0) is 24.6 Å². The standard InChI is InChI=1S/C15H14N4O/c1-10-5-4-8-16-13(10)9-17-15(20)14-11-6-2-3-7-12(11)18-19-14/h2-8H,9H2,1H3,(H,17,20)(H,18,19). The topological polar surface area (TPSA) is 70.7 Å². The van der Waals surface area contributed by atoms with Crippen molar-refractivity contribution in [2.24, 2.45) is 0 Å². The van der Waals surface area contributed by atoms with Crippen LogP contribution in [0.3, 0.4) is 0 Å². The van der Waals surface area contributed by atoms with Crippen LogP contribution in [0.2, 0.25) is 0 Å². The molecule has 2 N–H and O–H groups in total. The van der Waals surface area contributed by atoms with Crippen LogP contribution >= 0.6 is 0 Å². The SMILES string of the molecule is Cc1cccnc1CNC(=O)c1n[nH]c2ccccc12. The molecule has 3 aromatic rings. The number of aromatic nitrogens is 3. The van der Waals surface area contributed by atoms with Crippen molar-refractivity contribution < 1.29 is 4.79 Å². The van der Waals surface area contributed by atoms with Crippen LogP contribution in [0.5, 0.6) is 0 Å². The Morgan fingerprint density at radius 2 is 2.10 bits per heavy atom. The first-order chi connectivity index (χ1) is 9.75. The van der Waals surface area contributed by atoms with Crippen molar-refractivity contribution in [2.75, 3.05) is 0 Å². The Balaban J connectivity index is 1.79. The molecule has 1 aromatic carbocycles. The summed E-state index contributed by atoms with van der Waals surface area (Å²) in [4.78, 5) is 16.4. The zero-order chi connectivity index (χ0) is 13.9. The van der Waals surface area contributed by atoms with Gasteiger partial charge in [0.05, 0.1) is 17.8 Å². The highest BCUT2D eigenvalue weighted by molar-refractivity contribution is 6.04. The molecule has 1 amide bonds. The zero-order valence-electron chi connectivity index (χ0n) is 11.1. The van der Waals surface area contributed by atoms with Gasteiger partial charge in [0.1, 0.15) is 0 Å². The fourth-order valence-corrected chi connectivity index (χ4v) is 2.09. The summed E-state index contributed by atoms with van der Waals surface area (Å²) in [5.41, 5.74) is 3.18. The summed E-state index contributed by atoms with van der Waals surface area (Å²) in [6.07, 6.45) is 1.72. The van der Waals surface area contributed by atoms with E-state index in [1.54, 1.807) is 6.20 Å². The Kier molecular flexibility index (Phi) is 3.16. The number of aromatic amines is 1. The smallest absolute Gasteiger partial charge is 0.272 e. The maximum atomic E-state index is 12.2. The van der Waals surface area contributed by atoms with Crippen molar-refractivity contribution in [3.63, 3.8) is 0 Å². The van der Waals surface area contributed by atoms with Gasteiger partial charge in [0, 0.05) is 11.6 Å². The highest BCUT2D eigenvalue weighted by Gasteiger charge is 2.13. The van der Waals surface area contributed by atoms with E-state index in [9.17, 15) is 4.79 Å². The van der Waals surface area contributed by atoms with Gasteiger partial charge in [0.2, 0.25) is 0 Å². The van der Waals surface area contributed by atoms with E-state index in [4.69, 9.17) is 0 Å². The maximum Gasteiger partial charge on any atom is 0.272 e. The molecule has 0 unspecified atom stereocenters. The average Bonchev–Trinajstić information content (AvgIpc) is 2.90. The number of fused-ring (bicyclic) bond motifs is 1. The summed E-state index contributed by atoms with van der Waals surface area (Å²) in [5.74, 6) is -0.201. The summed E-state index contributed by atoms with van der Waals surface area (Å²) in [6, 6.07) is 11.4. The quantitative estimate of drug-likeness (QED) is 0.763. The molecular weight excluding hydrogens is 252 g/mol. The van der Waals surface area contributed by atoms with Crippen molar-refractivity contribution in [1.29, 1.82) is 0 Å². The van der Waals surface area contributed by atoms with Crippen LogP contribution in [0.15, 0.2) is 42.6 Å². The van der Waals surface area contributed by atoms with Gasteiger partial charge in [-0.1, -0.05) is 24.3 Å². The summed E-state index contributed by atoms with van der Waals surface area (Å²) in [7, 11) is 0. The van der Waals surface area contributed by atoms with E-state index in [1.165, 1.54) is 0 Å². The molecule has 5 nitrogen and oxygen atoms in total. The number of hydrogen-bond acceptors (Lipinski definition) is 3. The first-order valence-electron chi connectivity index (χ1n) is 6.37. The van der Waals surface area contributed by atoms with Gasteiger partial charge in [0.25, 0.3) is 5.91 Å². The summed E-state index contributed by atoms with van der Waals surface area (Å²) in [6.45, 7) is 2.37. The Hall–Kier alpha value is -2.69. The second-order valence-corrected chi connectivity index (χ2v) is 4.57. The lowest BCUT2D eigenvalue weighted by Crippen LogP contribution is -2.24. The molecule has 0 radical (unpaired) electrons.